The van der Waals surface area contributed by atoms with E-state index >= 15 is 0 Å². The van der Waals surface area contributed by atoms with E-state index < -0.39 is 20.2 Å². The van der Waals surface area contributed by atoms with E-state index in [2.05, 4.69) is 33.9 Å². The van der Waals surface area contributed by atoms with Gasteiger partial charge in [-0.2, -0.15) is 0 Å². The molecule has 7 heteroatoms. The normalized spacial score (nSPS) is 18.7. The number of amides is 1. The smallest absolute Gasteiger partial charge is 0.410 e. The standard InChI is InChI=1S/C20H41NO5Si/c1-19(2,3)26-18(24)21-12-9-15(10-13-21)16(17(22)23)11-14-25-27(7,8)20(4,5)6/h15-17,22-23H,9-14H2,1-8H3. The zero-order valence-electron chi connectivity index (χ0n) is 18.5. The molecule has 0 aromatic rings. The summed E-state index contributed by atoms with van der Waals surface area (Å²) in [7, 11) is -1.84. The minimum absolute atomic E-state index is 0.138. The lowest BCUT2D eigenvalue weighted by atomic mass is 9.82. The second kappa shape index (κ2) is 9.24. The summed E-state index contributed by atoms with van der Waals surface area (Å²) in [5.41, 5.74) is -0.501. The van der Waals surface area contributed by atoms with Gasteiger partial charge in [-0.3, -0.25) is 0 Å². The van der Waals surface area contributed by atoms with Crippen molar-refractivity contribution in [1.29, 1.82) is 0 Å². The number of likely N-dealkylation sites (tertiary alicyclic amines) is 1. The molecule has 0 bridgehead atoms. The van der Waals surface area contributed by atoms with Gasteiger partial charge < -0.3 is 24.3 Å². The van der Waals surface area contributed by atoms with Gasteiger partial charge in [-0.25, -0.2) is 4.79 Å². The highest BCUT2D eigenvalue weighted by atomic mass is 28.4. The molecule has 0 aromatic carbocycles. The van der Waals surface area contributed by atoms with Gasteiger partial charge in [0.15, 0.2) is 14.6 Å². The number of ether oxygens (including phenoxy) is 1. The van der Waals surface area contributed by atoms with E-state index in [1.165, 1.54) is 0 Å². The third kappa shape index (κ3) is 7.72. The van der Waals surface area contributed by atoms with Crippen LogP contribution in [-0.4, -0.2) is 61.1 Å². The van der Waals surface area contributed by atoms with E-state index in [-0.39, 0.29) is 23.0 Å². The zero-order chi connectivity index (χ0) is 21.0. The highest BCUT2D eigenvalue weighted by Gasteiger charge is 2.38. The Morgan fingerprint density at radius 3 is 2.04 bits per heavy atom. The Morgan fingerprint density at radius 2 is 1.63 bits per heavy atom. The molecule has 160 valence electrons. The fourth-order valence-corrected chi connectivity index (χ4v) is 4.19. The maximum Gasteiger partial charge on any atom is 0.410 e. The molecular formula is C20H41NO5Si. The van der Waals surface area contributed by atoms with Crippen LogP contribution in [0.3, 0.4) is 0 Å². The van der Waals surface area contributed by atoms with Gasteiger partial charge in [-0.15, -0.1) is 0 Å². The molecule has 1 rings (SSSR count). The van der Waals surface area contributed by atoms with Gasteiger partial charge in [0, 0.05) is 25.6 Å². The molecule has 0 radical (unpaired) electrons. The summed E-state index contributed by atoms with van der Waals surface area (Å²) in [6.07, 6.45) is 0.485. The van der Waals surface area contributed by atoms with E-state index in [0.717, 1.165) is 12.8 Å². The van der Waals surface area contributed by atoms with E-state index in [1.54, 1.807) is 4.90 Å². The molecule has 1 aliphatic heterocycles. The van der Waals surface area contributed by atoms with Gasteiger partial charge in [-0.1, -0.05) is 20.8 Å². The van der Waals surface area contributed by atoms with Gasteiger partial charge >= 0.3 is 6.09 Å². The third-order valence-electron chi connectivity index (χ3n) is 5.90. The minimum Gasteiger partial charge on any atom is -0.444 e. The molecule has 1 heterocycles. The number of carbonyl (C=O) groups is 1. The summed E-state index contributed by atoms with van der Waals surface area (Å²) in [6.45, 7) is 18.3. The van der Waals surface area contributed by atoms with Crippen LogP contribution in [0.25, 0.3) is 0 Å². The maximum absolute atomic E-state index is 12.2. The molecule has 0 spiro atoms. The number of hydrogen-bond donors (Lipinski definition) is 2. The average molecular weight is 404 g/mol. The molecule has 2 N–H and O–H groups in total. The van der Waals surface area contributed by atoms with Gasteiger partial charge in [0.2, 0.25) is 0 Å². The first-order valence-electron chi connectivity index (χ1n) is 10.1. The monoisotopic (exact) mass is 403 g/mol. The first-order chi connectivity index (χ1) is 12.1. The van der Waals surface area contributed by atoms with Crippen molar-refractivity contribution < 1.29 is 24.2 Å². The predicted octanol–water partition coefficient (Wildman–Crippen LogP) is 3.97. The number of nitrogens with zero attached hydrogens (tertiary/aromatic N) is 1. The van der Waals surface area contributed by atoms with Crippen LogP contribution < -0.4 is 0 Å². The first kappa shape index (κ1) is 24.4. The average Bonchev–Trinajstić information content (AvgIpc) is 2.48. The van der Waals surface area contributed by atoms with Crippen molar-refractivity contribution in [2.24, 2.45) is 11.8 Å². The highest BCUT2D eigenvalue weighted by molar-refractivity contribution is 6.74. The van der Waals surface area contributed by atoms with E-state index in [1.807, 2.05) is 20.8 Å². The molecule has 0 saturated carbocycles. The highest BCUT2D eigenvalue weighted by Crippen LogP contribution is 2.37. The number of carbonyl (C=O) groups excluding carboxylic acids is 1. The summed E-state index contributed by atoms with van der Waals surface area (Å²) in [4.78, 5) is 13.9. The van der Waals surface area contributed by atoms with Crippen LogP contribution in [0.2, 0.25) is 18.1 Å². The number of piperidine rings is 1. The Labute approximate surface area is 166 Å². The van der Waals surface area contributed by atoms with E-state index in [4.69, 9.17) is 9.16 Å². The van der Waals surface area contributed by atoms with Crippen molar-refractivity contribution in [1.82, 2.24) is 4.90 Å². The molecule has 1 aliphatic rings. The summed E-state index contributed by atoms with van der Waals surface area (Å²) < 4.78 is 11.6. The summed E-state index contributed by atoms with van der Waals surface area (Å²) >= 11 is 0. The number of aliphatic hydroxyl groups excluding tert-OH is 1. The Bertz CT molecular complexity index is 474. The van der Waals surface area contributed by atoms with Crippen molar-refractivity contribution >= 4 is 14.4 Å². The zero-order valence-corrected chi connectivity index (χ0v) is 19.5. The number of hydrogen-bond acceptors (Lipinski definition) is 5. The Kier molecular flexibility index (Phi) is 8.35. The summed E-state index contributed by atoms with van der Waals surface area (Å²) in [6, 6.07) is 0. The quantitative estimate of drug-likeness (QED) is 0.518. The molecule has 1 atom stereocenters. The Balaban J connectivity index is 2.55. The molecular weight excluding hydrogens is 362 g/mol. The van der Waals surface area contributed by atoms with Crippen molar-refractivity contribution in [2.45, 2.75) is 90.8 Å². The van der Waals surface area contributed by atoms with Crippen LogP contribution in [0.4, 0.5) is 4.79 Å². The molecule has 1 amide bonds. The summed E-state index contributed by atoms with van der Waals surface area (Å²) in [5.74, 6) is -0.0535. The Hall–Kier alpha value is -0.633. The second-order valence-corrected chi connectivity index (χ2v) is 15.1. The fourth-order valence-electron chi connectivity index (χ4n) is 3.13. The number of rotatable bonds is 6. The largest absolute Gasteiger partial charge is 0.444 e. The molecule has 1 unspecified atom stereocenters. The molecule has 1 fully saturated rings. The van der Waals surface area contributed by atoms with Gasteiger partial charge in [-0.05, 0) is 64.1 Å². The van der Waals surface area contributed by atoms with Crippen molar-refractivity contribution in [3.8, 4) is 0 Å². The molecule has 6 nitrogen and oxygen atoms in total. The summed E-state index contributed by atoms with van der Waals surface area (Å²) in [5, 5.41) is 19.9. The van der Waals surface area contributed by atoms with Crippen molar-refractivity contribution in [3.05, 3.63) is 0 Å². The lowest BCUT2D eigenvalue weighted by Crippen LogP contribution is -2.45. The fraction of sp³-hybridized carbons (Fsp3) is 0.950. The lowest BCUT2D eigenvalue weighted by molar-refractivity contribution is -0.111. The molecule has 0 aliphatic carbocycles. The molecule has 0 aromatic heterocycles. The second-order valence-electron chi connectivity index (χ2n) is 10.3. The SMILES string of the molecule is CC(C)(C)OC(=O)N1CCC(C(CCO[Si](C)(C)C(C)(C)C)C(O)O)CC1. The van der Waals surface area contributed by atoms with Crippen LogP contribution in [0.15, 0.2) is 0 Å². The topological polar surface area (TPSA) is 79.2 Å². The van der Waals surface area contributed by atoms with Gasteiger partial charge in [0.1, 0.15) is 5.60 Å². The van der Waals surface area contributed by atoms with E-state index in [9.17, 15) is 15.0 Å². The van der Waals surface area contributed by atoms with Crippen molar-refractivity contribution in [3.63, 3.8) is 0 Å². The van der Waals surface area contributed by atoms with Crippen LogP contribution in [0, 0.1) is 11.8 Å². The van der Waals surface area contributed by atoms with Gasteiger partial charge in [0.25, 0.3) is 0 Å². The van der Waals surface area contributed by atoms with E-state index in [0.29, 0.717) is 26.1 Å². The minimum atomic E-state index is -1.84. The van der Waals surface area contributed by atoms with Crippen LogP contribution in [0.1, 0.15) is 60.8 Å². The molecule has 1 saturated heterocycles. The molecule has 27 heavy (non-hydrogen) atoms. The maximum atomic E-state index is 12.2. The van der Waals surface area contributed by atoms with Crippen LogP contribution >= 0.6 is 0 Å². The lowest BCUT2D eigenvalue weighted by Gasteiger charge is -2.39. The first-order valence-corrected chi connectivity index (χ1v) is 13.0. The third-order valence-corrected chi connectivity index (χ3v) is 10.4. The van der Waals surface area contributed by atoms with Crippen LogP contribution in [0.5, 0.6) is 0 Å². The number of aliphatic hydroxyl groups is 2. The van der Waals surface area contributed by atoms with Crippen molar-refractivity contribution in [2.75, 3.05) is 19.7 Å². The van der Waals surface area contributed by atoms with Crippen LogP contribution in [-0.2, 0) is 9.16 Å². The predicted molar refractivity (Wildman–Crippen MR) is 110 cm³/mol. The Morgan fingerprint density at radius 1 is 1.11 bits per heavy atom. The van der Waals surface area contributed by atoms with Gasteiger partial charge in [0.05, 0.1) is 0 Å².